The van der Waals surface area contributed by atoms with E-state index in [9.17, 15) is 14.0 Å². The van der Waals surface area contributed by atoms with Crippen molar-refractivity contribution >= 4 is 11.8 Å². The van der Waals surface area contributed by atoms with Gasteiger partial charge in [-0.3, -0.25) is 9.59 Å². The molecule has 1 spiro atoms. The molecule has 6 nitrogen and oxygen atoms in total. The lowest BCUT2D eigenvalue weighted by atomic mass is 9.73. The number of rotatable bonds is 7. The summed E-state index contributed by atoms with van der Waals surface area (Å²) in [5, 5.41) is 2.94. The van der Waals surface area contributed by atoms with Crippen LogP contribution in [-0.4, -0.2) is 54.6 Å². The average molecular weight is 375 g/mol. The van der Waals surface area contributed by atoms with Gasteiger partial charge in [-0.1, -0.05) is 18.2 Å². The molecule has 3 aliphatic rings. The summed E-state index contributed by atoms with van der Waals surface area (Å²) in [5.41, 5.74) is 5.75. The third-order valence-electron chi connectivity index (χ3n) is 6.18. The minimum atomic E-state index is -0.508. The molecule has 1 aromatic carbocycles. The molecular weight excluding hydrogens is 349 g/mol. The molecular formula is C20H26FN3O3. The molecule has 4 atom stereocenters. The largest absolute Gasteiger partial charge is 0.368 e. The number of aryl methyl sites for hydroxylation is 1. The van der Waals surface area contributed by atoms with Crippen LogP contribution < -0.4 is 11.1 Å². The molecule has 7 heteroatoms. The van der Waals surface area contributed by atoms with Crippen LogP contribution in [0, 0.1) is 17.7 Å². The maximum Gasteiger partial charge on any atom is 0.229 e. The van der Waals surface area contributed by atoms with Gasteiger partial charge < -0.3 is 20.7 Å². The molecule has 146 valence electrons. The van der Waals surface area contributed by atoms with Gasteiger partial charge >= 0.3 is 0 Å². The maximum absolute atomic E-state index is 13.7. The Kier molecular flexibility index (Phi) is 4.90. The predicted octanol–water partition coefficient (Wildman–Crippen LogP) is 0.839. The zero-order chi connectivity index (χ0) is 19.0. The van der Waals surface area contributed by atoms with Gasteiger partial charge in [0, 0.05) is 19.6 Å². The van der Waals surface area contributed by atoms with E-state index in [2.05, 4.69) is 5.32 Å². The van der Waals surface area contributed by atoms with Crippen molar-refractivity contribution in [3.05, 3.63) is 35.6 Å². The first-order valence-electron chi connectivity index (χ1n) is 9.73. The van der Waals surface area contributed by atoms with Crippen LogP contribution >= 0.6 is 0 Å². The summed E-state index contributed by atoms with van der Waals surface area (Å²) in [5.74, 6) is -1.17. The van der Waals surface area contributed by atoms with E-state index >= 15 is 0 Å². The van der Waals surface area contributed by atoms with Gasteiger partial charge in [0.25, 0.3) is 0 Å². The number of hydrogen-bond donors (Lipinski definition) is 2. The number of carbonyl (C=O) groups excluding carboxylic acids is 2. The summed E-state index contributed by atoms with van der Waals surface area (Å²) < 4.78 is 19.8. The second kappa shape index (κ2) is 7.20. The van der Waals surface area contributed by atoms with Crippen molar-refractivity contribution in [2.45, 2.75) is 37.4 Å². The van der Waals surface area contributed by atoms with E-state index in [-0.39, 0.29) is 23.7 Å². The topological polar surface area (TPSA) is 84.7 Å². The second-order valence-electron chi connectivity index (χ2n) is 7.80. The third-order valence-corrected chi connectivity index (χ3v) is 6.18. The fourth-order valence-electron chi connectivity index (χ4n) is 5.00. The van der Waals surface area contributed by atoms with Crippen LogP contribution in [0.5, 0.6) is 0 Å². The molecule has 1 aromatic rings. The maximum atomic E-state index is 13.7. The number of hydrogen-bond acceptors (Lipinski definition) is 4. The monoisotopic (exact) mass is 375 g/mol. The van der Waals surface area contributed by atoms with Crippen molar-refractivity contribution in [3.63, 3.8) is 0 Å². The molecule has 0 saturated carbocycles. The highest BCUT2D eigenvalue weighted by Gasteiger charge is 2.68. The van der Waals surface area contributed by atoms with E-state index in [1.54, 1.807) is 17.0 Å². The standard InChI is InChI=1S/C20H26FN3O3/c21-14-6-2-1-4-13(14)5-3-10-23-18(25)16-15-7-8-20(27-15)12-24(11-9-22)19(26)17(16)20/h1-2,4,6,15-17H,3,5,7-12,22H2,(H,23,25)/t15-,16-,17+,20-/m1/s1. The van der Waals surface area contributed by atoms with Crippen molar-refractivity contribution in [1.29, 1.82) is 0 Å². The van der Waals surface area contributed by atoms with Crippen LogP contribution in [0.4, 0.5) is 4.39 Å². The smallest absolute Gasteiger partial charge is 0.229 e. The SMILES string of the molecule is NCCN1C[C@@]23CC[C@@H](O2)[C@@H](C(=O)NCCCc2ccccc2F)[C@H]3C1=O. The number of halogens is 1. The minimum absolute atomic E-state index is 0.00541. The van der Waals surface area contributed by atoms with Crippen LogP contribution in [0.2, 0.25) is 0 Å². The van der Waals surface area contributed by atoms with Crippen molar-refractivity contribution in [2.24, 2.45) is 17.6 Å². The van der Waals surface area contributed by atoms with Crippen LogP contribution in [0.1, 0.15) is 24.8 Å². The Morgan fingerprint density at radius 3 is 3.00 bits per heavy atom. The molecule has 3 saturated heterocycles. The summed E-state index contributed by atoms with van der Waals surface area (Å²) in [7, 11) is 0. The average Bonchev–Trinajstić information content (AvgIpc) is 3.29. The molecule has 3 fully saturated rings. The van der Waals surface area contributed by atoms with E-state index in [0.717, 1.165) is 12.8 Å². The molecule has 3 heterocycles. The van der Waals surface area contributed by atoms with E-state index < -0.39 is 17.4 Å². The highest BCUT2D eigenvalue weighted by Crippen LogP contribution is 2.55. The molecule has 0 unspecified atom stereocenters. The molecule has 27 heavy (non-hydrogen) atoms. The Balaban J connectivity index is 1.35. The van der Waals surface area contributed by atoms with E-state index in [1.165, 1.54) is 6.07 Å². The summed E-state index contributed by atoms with van der Waals surface area (Å²) >= 11 is 0. The van der Waals surface area contributed by atoms with Gasteiger partial charge in [-0.05, 0) is 37.3 Å². The van der Waals surface area contributed by atoms with Crippen molar-refractivity contribution in [1.82, 2.24) is 10.2 Å². The number of nitrogens with one attached hydrogen (secondary N) is 1. The van der Waals surface area contributed by atoms with Gasteiger partial charge in [0.1, 0.15) is 5.82 Å². The quantitative estimate of drug-likeness (QED) is 0.692. The minimum Gasteiger partial charge on any atom is -0.368 e. The predicted molar refractivity (Wildman–Crippen MR) is 97.2 cm³/mol. The normalized spacial score (nSPS) is 31.4. The van der Waals surface area contributed by atoms with Gasteiger partial charge in [-0.2, -0.15) is 0 Å². The van der Waals surface area contributed by atoms with Gasteiger partial charge in [-0.25, -0.2) is 4.39 Å². The van der Waals surface area contributed by atoms with Crippen molar-refractivity contribution in [3.8, 4) is 0 Å². The first kappa shape index (κ1) is 18.4. The number of amides is 2. The Morgan fingerprint density at radius 2 is 2.22 bits per heavy atom. The number of likely N-dealkylation sites (tertiary alicyclic amines) is 1. The Morgan fingerprint density at radius 1 is 1.41 bits per heavy atom. The van der Waals surface area contributed by atoms with Crippen molar-refractivity contribution in [2.75, 3.05) is 26.2 Å². The highest BCUT2D eigenvalue weighted by molar-refractivity contribution is 5.92. The van der Waals surface area contributed by atoms with Crippen LogP contribution in [0.25, 0.3) is 0 Å². The number of carbonyl (C=O) groups is 2. The number of nitrogens with two attached hydrogens (primary N) is 1. The molecule has 2 bridgehead atoms. The third kappa shape index (κ3) is 3.12. The molecule has 4 rings (SSSR count). The molecule has 3 N–H and O–H groups in total. The fourth-order valence-corrected chi connectivity index (χ4v) is 5.00. The first-order chi connectivity index (χ1) is 13.1. The Bertz CT molecular complexity index is 743. The van der Waals surface area contributed by atoms with Gasteiger partial charge in [0.15, 0.2) is 0 Å². The molecule has 2 amide bonds. The molecule has 0 aromatic heterocycles. The fraction of sp³-hybridized carbons (Fsp3) is 0.600. The summed E-state index contributed by atoms with van der Waals surface area (Å²) in [4.78, 5) is 27.3. The Hall–Kier alpha value is -1.99. The summed E-state index contributed by atoms with van der Waals surface area (Å²) in [6.45, 7) is 1.91. The zero-order valence-electron chi connectivity index (χ0n) is 15.3. The highest BCUT2D eigenvalue weighted by atomic mass is 19.1. The van der Waals surface area contributed by atoms with E-state index in [4.69, 9.17) is 10.5 Å². The van der Waals surface area contributed by atoms with Crippen molar-refractivity contribution < 1.29 is 18.7 Å². The summed E-state index contributed by atoms with van der Waals surface area (Å²) in [6, 6.07) is 6.67. The molecule has 0 radical (unpaired) electrons. The number of benzene rings is 1. The number of nitrogens with zero attached hydrogens (tertiary/aromatic N) is 1. The van der Waals surface area contributed by atoms with Crippen LogP contribution in [0.15, 0.2) is 24.3 Å². The second-order valence-corrected chi connectivity index (χ2v) is 7.80. The summed E-state index contributed by atoms with van der Waals surface area (Å²) in [6.07, 6.45) is 2.67. The van der Waals surface area contributed by atoms with Crippen LogP contribution in [0.3, 0.4) is 0 Å². The number of ether oxygens (including phenoxy) is 1. The lowest BCUT2D eigenvalue weighted by Gasteiger charge is -2.27. The van der Waals surface area contributed by atoms with E-state index in [1.807, 2.05) is 6.07 Å². The van der Waals surface area contributed by atoms with Gasteiger partial charge in [0.05, 0.1) is 30.1 Å². The lowest BCUT2D eigenvalue weighted by Crippen LogP contribution is -2.46. The zero-order valence-corrected chi connectivity index (χ0v) is 15.3. The number of fused-ring (bicyclic) bond motifs is 1. The first-order valence-corrected chi connectivity index (χ1v) is 9.73. The van der Waals surface area contributed by atoms with Crippen LogP contribution in [-0.2, 0) is 20.7 Å². The van der Waals surface area contributed by atoms with Gasteiger partial charge in [-0.15, -0.1) is 0 Å². The van der Waals surface area contributed by atoms with Gasteiger partial charge in [0.2, 0.25) is 11.8 Å². The Labute approximate surface area is 158 Å². The molecule has 0 aliphatic carbocycles. The lowest BCUT2D eigenvalue weighted by molar-refractivity contribution is -0.138. The van der Waals surface area contributed by atoms with E-state index in [0.29, 0.717) is 44.6 Å². The molecule has 3 aliphatic heterocycles.